The van der Waals surface area contributed by atoms with Crippen molar-refractivity contribution in [1.29, 1.82) is 0 Å². The van der Waals surface area contributed by atoms with Gasteiger partial charge in [-0.1, -0.05) is 18.6 Å². The molecule has 2 aromatic rings. The lowest BCUT2D eigenvalue weighted by molar-refractivity contribution is 0.591. The Labute approximate surface area is 117 Å². The first-order valence-electron chi connectivity index (χ1n) is 6.76. The van der Waals surface area contributed by atoms with Crippen LogP contribution in [-0.4, -0.2) is 14.8 Å². The van der Waals surface area contributed by atoms with Crippen LogP contribution < -0.4 is 5.73 Å². The molecule has 0 bridgehead atoms. The third kappa shape index (κ3) is 2.82. The van der Waals surface area contributed by atoms with Crippen molar-refractivity contribution in [1.82, 2.24) is 14.8 Å². The maximum Gasteiger partial charge on any atom is 0.196 e. The summed E-state index contributed by atoms with van der Waals surface area (Å²) in [6.45, 7) is 1.62. The van der Waals surface area contributed by atoms with E-state index in [0.29, 0.717) is 6.54 Å². The minimum Gasteiger partial charge on any atom is -0.326 e. The maximum atomic E-state index is 5.68. The second kappa shape index (κ2) is 5.75. The molecule has 0 fully saturated rings. The number of fused-ring (bicyclic) bond motifs is 1. The summed E-state index contributed by atoms with van der Waals surface area (Å²) < 4.78 is 2.27. The van der Waals surface area contributed by atoms with Gasteiger partial charge in [0.15, 0.2) is 5.16 Å². The van der Waals surface area contributed by atoms with Gasteiger partial charge in [0, 0.05) is 24.4 Å². The molecule has 0 spiro atoms. The lowest BCUT2D eigenvalue weighted by Gasteiger charge is -2.07. The van der Waals surface area contributed by atoms with Crippen LogP contribution in [0.5, 0.6) is 0 Å². The van der Waals surface area contributed by atoms with Crippen molar-refractivity contribution >= 4 is 11.8 Å². The molecule has 0 aliphatic carbocycles. The molecule has 5 heteroatoms. The van der Waals surface area contributed by atoms with Crippen LogP contribution in [0.3, 0.4) is 0 Å². The largest absolute Gasteiger partial charge is 0.326 e. The van der Waals surface area contributed by atoms with Gasteiger partial charge < -0.3 is 10.3 Å². The van der Waals surface area contributed by atoms with Crippen molar-refractivity contribution in [3.8, 4) is 0 Å². The molecule has 0 amide bonds. The molecule has 100 valence electrons. The molecule has 2 heterocycles. The number of hydrogen-bond donors (Lipinski definition) is 1. The predicted octanol–water partition coefficient (Wildman–Crippen LogP) is 2.61. The highest BCUT2D eigenvalue weighted by molar-refractivity contribution is 7.99. The summed E-state index contributed by atoms with van der Waals surface area (Å²) in [6.07, 6.45) is 4.79. The standard InChI is InChI=1S/C14H18N4S/c15-10-11-5-4-6-12(9-11)19-14-17-16-13-7-2-1-3-8-18(13)14/h4-6,9H,1-3,7-8,10,15H2. The zero-order valence-electron chi connectivity index (χ0n) is 10.9. The fraction of sp³-hybridized carbons (Fsp3) is 0.429. The van der Waals surface area contributed by atoms with Crippen molar-refractivity contribution in [2.45, 2.75) is 48.8 Å². The Morgan fingerprint density at radius 1 is 1.21 bits per heavy atom. The van der Waals surface area contributed by atoms with Crippen LogP contribution in [-0.2, 0) is 19.5 Å². The van der Waals surface area contributed by atoms with Crippen LogP contribution in [0.1, 0.15) is 30.7 Å². The van der Waals surface area contributed by atoms with E-state index < -0.39 is 0 Å². The number of hydrogen-bond acceptors (Lipinski definition) is 4. The molecule has 1 aromatic heterocycles. The first-order valence-corrected chi connectivity index (χ1v) is 7.57. The molecule has 1 aliphatic heterocycles. The molecule has 0 radical (unpaired) electrons. The minimum absolute atomic E-state index is 0.576. The van der Waals surface area contributed by atoms with Crippen molar-refractivity contribution in [2.75, 3.05) is 0 Å². The van der Waals surface area contributed by atoms with Crippen molar-refractivity contribution < 1.29 is 0 Å². The Balaban J connectivity index is 1.84. The van der Waals surface area contributed by atoms with Crippen LogP contribution in [0.4, 0.5) is 0 Å². The van der Waals surface area contributed by atoms with E-state index in [2.05, 4.69) is 26.9 Å². The van der Waals surface area contributed by atoms with Gasteiger partial charge in [-0.2, -0.15) is 0 Å². The van der Waals surface area contributed by atoms with Crippen LogP contribution in [0.25, 0.3) is 0 Å². The third-order valence-corrected chi connectivity index (χ3v) is 4.39. The van der Waals surface area contributed by atoms with Gasteiger partial charge in [-0.3, -0.25) is 0 Å². The highest BCUT2D eigenvalue weighted by Gasteiger charge is 2.15. The average Bonchev–Trinajstić information content (AvgIpc) is 2.68. The third-order valence-electron chi connectivity index (χ3n) is 3.42. The topological polar surface area (TPSA) is 56.7 Å². The first kappa shape index (κ1) is 12.7. The van der Waals surface area contributed by atoms with Crippen LogP contribution >= 0.6 is 11.8 Å². The Morgan fingerprint density at radius 3 is 3.05 bits per heavy atom. The fourth-order valence-corrected chi connectivity index (χ4v) is 3.33. The van der Waals surface area contributed by atoms with E-state index in [9.17, 15) is 0 Å². The number of nitrogens with two attached hydrogens (primary N) is 1. The van der Waals surface area contributed by atoms with Crippen molar-refractivity contribution in [3.05, 3.63) is 35.7 Å². The highest BCUT2D eigenvalue weighted by Crippen LogP contribution is 2.28. The normalized spacial score (nSPS) is 15.0. The number of nitrogens with zero attached hydrogens (tertiary/aromatic N) is 3. The molecule has 0 saturated carbocycles. The van der Waals surface area contributed by atoms with Gasteiger partial charge >= 0.3 is 0 Å². The summed E-state index contributed by atoms with van der Waals surface area (Å²) in [6, 6.07) is 8.32. The molecular formula is C14H18N4S. The highest BCUT2D eigenvalue weighted by atomic mass is 32.2. The Kier molecular flexibility index (Phi) is 3.84. The Bertz CT molecular complexity index is 564. The van der Waals surface area contributed by atoms with Crippen LogP contribution in [0, 0.1) is 0 Å². The number of aryl methyl sites for hydroxylation is 1. The Hall–Kier alpha value is -1.33. The number of benzene rings is 1. The zero-order valence-corrected chi connectivity index (χ0v) is 11.7. The van der Waals surface area contributed by atoms with Gasteiger partial charge in [0.2, 0.25) is 0 Å². The van der Waals surface area contributed by atoms with E-state index in [0.717, 1.165) is 29.5 Å². The minimum atomic E-state index is 0.576. The number of rotatable bonds is 3. The second-order valence-corrected chi connectivity index (χ2v) is 5.86. The summed E-state index contributed by atoms with van der Waals surface area (Å²) in [4.78, 5) is 1.18. The Morgan fingerprint density at radius 2 is 2.16 bits per heavy atom. The summed E-state index contributed by atoms with van der Waals surface area (Å²) in [5.74, 6) is 1.13. The lowest BCUT2D eigenvalue weighted by atomic mass is 10.2. The van der Waals surface area contributed by atoms with Crippen LogP contribution in [0.2, 0.25) is 0 Å². The van der Waals surface area contributed by atoms with Gasteiger partial charge in [0.05, 0.1) is 0 Å². The summed E-state index contributed by atoms with van der Waals surface area (Å²) in [5.41, 5.74) is 6.83. The van der Waals surface area contributed by atoms with E-state index >= 15 is 0 Å². The molecule has 19 heavy (non-hydrogen) atoms. The molecule has 2 N–H and O–H groups in total. The summed E-state index contributed by atoms with van der Waals surface area (Å²) >= 11 is 1.68. The van der Waals surface area contributed by atoms with Crippen molar-refractivity contribution in [3.63, 3.8) is 0 Å². The zero-order chi connectivity index (χ0) is 13.1. The van der Waals surface area contributed by atoms with E-state index in [1.807, 2.05) is 12.1 Å². The fourth-order valence-electron chi connectivity index (χ4n) is 2.38. The molecular weight excluding hydrogens is 256 g/mol. The van der Waals surface area contributed by atoms with Gasteiger partial charge in [-0.05, 0) is 42.3 Å². The SMILES string of the molecule is NCc1cccc(Sc2nnc3n2CCCCC3)c1. The molecule has 0 unspecified atom stereocenters. The summed E-state index contributed by atoms with van der Waals surface area (Å²) in [5, 5.41) is 9.66. The van der Waals surface area contributed by atoms with Gasteiger partial charge in [0.1, 0.15) is 5.82 Å². The molecule has 4 nitrogen and oxygen atoms in total. The van der Waals surface area contributed by atoms with Gasteiger partial charge in [0.25, 0.3) is 0 Å². The van der Waals surface area contributed by atoms with E-state index in [4.69, 9.17) is 5.73 Å². The molecule has 1 aliphatic rings. The maximum absolute atomic E-state index is 5.68. The monoisotopic (exact) mass is 274 g/mol. The molecule has 3 rings (SSSR count). The predicted molar refractivity (Wildman–Crippen MR) is 76.0 cm³/mol. The van der Waals surface area contributed by atoms with Crippen LogP contribution in [0.15, 0.2) is 34.3 Å². The second-order valence-electron chi connectivity index (χ2n) is 4.81. The first-order chi connectivity index (χ1) is 9.36. The van der Waals surface area contributed by atoms with Gasteiger partial charge in [-0.25, -0.2) is 0 Å². The van der Waals surface area contributed by atoms with E-state index in [1.54, 1.807) is 11.8 Å². The van der Waals surface area contributed by atoms with Crippen molar-refractivity contribution in [2.24, 2.45) is 5.73 Å². The smallest absolute Gasteiger partial charge is 0.196 e. The lowest BCUT2D eigenvalue weighted by Crippen LogP contribution is -2.02. The van der Waals surface area contributed by atoms with E-state index in [1.165, 1.54) is 24.2 Å². The molecule has 0 saturated heterocycles. The molecule has 0 atom stereocenters. The molecule has 1 aromatic carbocycles. The van der Waals surface area contributed by atoms with Gasteiger partial charge in [-0.15, -0.1) is 10.2 Å². The van der Waals surface area contributed by atoms with E-state index in [-0.39, 0.29) is 0 Å². The summed E-state index contributed by atoms with van der Waals surface area (Å²) in [7, 11) is 0. The number of aromatic nitrogens is 3. The quantitative estimate of drug-likeness (QED) is 0.934. The average molecular weight is 274 g/mol.